The van der Waals surface area contributed by atoms with E-state index in [4.69, 9.17) is 4.74 Å². The maximum atomic E-state index is 11.7. The van der Waals surface area contributed by atoms with Crippen LogP contribution >= 0.6 is 11.8 Å². The average molecular weight is 295 g/mol. The van der Waals surface area contributed by atoms with Crippen LogP contribution in [0.3, 0.4) is 0 Å². The molecule has 0 saturated heterocycles. The molecule has 0 radical (unpaired) electrons. The van der Waals surface area contributed by atoms with Gasteiger partial charge in [0.15, 0.2) is 0 Å². The molecule has 0 aliphatic carbocycles. The highest BCUT2D eigenvalue weighted by Gasteiger charge is 2.09. The molecule has 3 nitrogen and oxygen atoms in total. The standard InChI is InChI=1S/C16H25NO2S/c1-12-7-5-8-13(2)16(12)19-11-14(3)17-15(18)9-6-10-20-4/h5,7-8,14H,6,9-11H2,1-4H3,(H,17,18). The first-order valence-electron chi connectivity index (χ1n) is 7.02. The lowest BCUT2D eigenvalue weighted by Gasteiger charge is -2.17. The molecular weight excluding hydrogens is 270 g/mol. The van der Waals surface area contributed by atoms with Gasteiger partial charge >= 0.3 is 0 Å². The third-order valence-electron chi connectivity index (χ3n) is 3.05. The number of hydrogen-bond donors (Lipinski definition) is 1. The number of amides is 1. The number of ether oxygens (including phenoxy) is 1. The van der Waals surface area contributed by atoms with Crippen molar-refractivity contribution in [2.75, 3.05) is 18.6 Å². The number of rotatable bonds is 8. The molecular formula is C16H25NO2S. The maximum absolute atomic E-state index is 11.7. The second-order valence-electron chi connectivity index (χ2n) is 5.10. The summed E-state index contributed by atoms with van der Waals surface area (Å²) in [5, 5.41) is 2.97. The van der Waals surface area contributed by atoms with Gasteiger partial charge in [-0.15, -0.1) is 0 Å². The summed E-state index contributed by atoms with van der Waals surface area (Å²) >= 11 is 1.77. The summed E-state index contributed by atoms with van der Waals surface area (Å²) in [4.78, 5) is 11.7. The first-order valence-corrected chi connectivity index (χ1v) is 8.41. The zero-order valence-electron chi connectivity index (χ0n) is 12.9. The summed E-state index contributed by atoms with van der Waals surface area (Å²) < 4.78 is 5.84. The van der Waals surface area contributed by atoms with Crippen LogP contribution in [0.2, 0.25) is 0 Å². The highest BCUT2D eigenvalue weighted by Crippen LogP contribution is 2.22. The van der Waals surface area contributed by atoms with Crippen molar-refractivity contribution in [3.8, 4) is 5.75 Å². The van der Waals surface area contributed by atoms with Crippen molar-refractivity contribution < 1.29 is 9.53 Å². The average Bonchev–Trinajstić information content (AvgIpc) is 2.38. The van der Waals surface area contributed by atoms with E-state index in [1.165, 1.54) is 0 Å². The first kappa shape index (κ1) is 16.9. The Morgan fingerprint density at radius 2 is 2.00 bits per heavy atom. The van der Waals surface area contributed by atoms with Crippen molar-refractivity contribution in [2.45, 2.75) is 39.7 Å². The molecule has 1 rings (SSSR count). The van der Waals surface area contributed by atoms with Gasteiger partial charge in [0.05, 0.1) is 6.04 Å². The van der Waals surface area contributed by atoms with Gasteiger partial charge in [-0.2, -0.15) is 11.8 Å². The Morgan fingerprint density at radius 1 is 1.35 bits per heavy atom. The second kappa shape index (κ2) is 8.90. The molecule has 0 aliphatic heterocycles. The van der Waals surface area contributed by atoms with Crippen molar-refractivity contribution in [2.24, 2.45) is 0 Å². The number of aryl methyl sites for hydroxylation is 2. The molecule has 1 N–H and O–H groups in total. The summed E-state index contributed by atoms with van der Waals surface area (Å²) in [6.45, 7) is 6.54. The van der Waals surface area contributed by atoms with Gasteiger partial charge in [-0.25, -0.2) is 0 Å². The fourth-order valence-electron chi connectivity index (χ4n) is 2.00. The van der Waals surface area contributed by atoms with E-state index < -0.39 is 0 Å². The molecule has 0 heterocycles. The topological polar surface area (TPSA) is 38.3 Å². The van der Waals surface area contributed by atoms with Crippen molar-refractivity contribution in [1.82, 2.24) is 5.32 Å². The molecule has 112 valence electrons. The molecule has 0 aliphatic rings. The molecule has 4 heteroatoms. The van der Waals surface area contributed by atoms with Gasteiger partial charge in [-0.3, -0.25) is 4.79 Å². The van der Waals surface area contributed by atoms with Crippen LogP contribution in [0.1, 0.15) is 30.9 Å². The van der Waals surface area contributed by atoms with Crippen LogP contribution in [0.25, 0.3) is 0 Å². The van der Waals surface area contributed by atoms with Crippen LogP contribution in [0.4, 0.5) is 0 Å². The number of benzene rings is 1. The van der Waals surface area contributed by atoms with Crippen LogP contribution in [-0.2, 0) is 4.79 Å². The molecule has 0 aromatic heterocycles. The number of carbonyl (C=O) groups excluding carboxylic acids is 1. The lowest BCUT2D eigenvalue weighted by atomic mass is 10.1. The zero-order chi connectivity index (χ0) is 15.0. The fraction of sp³-hybridized carbons (Fsp3) is 0.562. The predicted octanol–water partition coefficient (Wildman–Crippen LogP) is 3.33. The van der Waals surface area contributed by atoms with Gasteiger partial charge in [-0.1, -0.05) is 18.2 Å². The van der Waals surface area contributed by atoms with E-state index in [0.29, 0.717) is 13.0 Å². The van der Waals surface area contributed by atoms with Crippen LogP contribution in [0.5, 0.6) is 5.75 Å². The summed E-state index contributed by atoms with van der Waals surface area (Å²) in [6.07, 6.45) is 3.57. The number of nitrogens with one attached hydrogen (secondary N) is 1. The Labute approximate surface area is 126 Å². The monoisotopic (exact) mass is 295 g/mol. The van der Waals surface area contributed by atoms with E-state index in [0.717, 1.165) is 29.1 Å². The van der Waals surface area contributed by atoms with E-state index in [9.17, 15) is 4.79 Å². The van der Waals surface area contributed by atoms with E-state index in [1.54, 1.807) is 11.8 Å². The van der Waals surface area contributed by atoms with Crippen LogP contribution in [0.15, 0.2) is 18.2 Å². The molecule has 0 spiro atoms. The maximum Gasteiger partial charge on any atom is 0.220 e. The Bertz CT molecular complexity index is 414. The van der Waals surface area contributed by atoms with Crippen molar-refractivity contribution >= 4 is 17.7 Å². The first-order chi connectivity index (χ1) is 9.54. The predicted molar refractivity (Wildman–Crippen MR) is 86.6 cm³/mol. The zero-order valence-corrected chi connectivity index (χ0v) is 13.7. The van der Waals surface area contributed by atoms with Gasteiger partial charge in [0.25, 0.3) is 0 Å². The third-order valence-corrected chi connectivity index (χ3v) is 3.74. The quantitative estimate of drug-likeness (QED) is 0.748. The second-order valence-corrected chi connectivity index (χ2v) is 6.08. The van der Waals surface area contributed by atoms with Gasteiger partial charge in [0.2, 0.25) is 5.91 Å². The summed E-state index contributed by atoms with van der Waals surface area (Å²) in [6, 6.07) is 6.12. The van der Waals surface area contributed by atoms with Gasteiger partial charge in [0.1, 0.15) is 12.4 Å². The van der Waals surface area contributed by atoms with Gasteiger partial charge in [-0.05, 0) is 50.3 Å². The molecule has 20 heavy (non-hydrogen) atoms. The van der Waals surface area contributed by atoms with Crippen molar-refractivity contribution in [3.05, 3.63) is 29.3 Å². The number of carbonyl (C=O) groups is 1. The lowest BCUT2D eigenvalue weighted by Crippen LogP contribution is -2.36. The Balaban J connectivity index is 2.36. The number of thioether (sulfide) groups is 1. The minimum atomic E-state index is 0.0239. The summed E-state index contributed by atoms with van der Waals surface area (Å²) in [5.41, 5.74) is 2.26. The number of hydrogen-bond acceptors (Lipinski definition) is 3. The fourth-order valence-corrected chi connectivity index (χ4v) is 2.43. The largest absolute Gasteiger partial charge is 0.491 e. The van der Waals surface area contributed by atoms with E-state index >= 15 is 0 Å². The SMILES string of the molecule is CSCCCC(=O)NC(C)COc1c(C)cccc1C. The Kier molecular flexibility index (Phi) is 7.52. The number of para-hydroxylation sites is 1. The van der Waals surface area contributed by atoms with Gasteiger partial charge in [0, 0.05) is 6.42 Å². The van der Waals surface area contributed by atoms with Crippen LogP contribution in [-0.4, -0.2) is 30.6 Å². The Morgan fingerprint density at radius 3 is 2.60 bits per heavy atom. The molecule has 0 fully saturated rings. The minimum Gasteiger partial charge on any atom is -0.491 e. The molecule has 1 aromatic carbocycles. The molecule has 1 amide bonds. The van der Waals surface area contributed by atoms with Crippen LogP contribution in [0, 0.1) is 13.8 Å². The molecule has 1 atom stereocenters. The molecule has 0 saturated carbocycles. The molecule has 1 aromatic rings. The highest BCUT2D eigenvalue weighted by atomic mass is 32.2. The van der Waals surface area contributed by atoms with Gasteiger partial charge < -0.3 is 10.1 Å². The molecule has 1 unspecified atom stereocenters. The van der Waals surface area contributed by atoms with E-state index in [-0.39, 0.29) is 11.9 Å². The highest BCUT2D eigenvalue weighted by molar-refractivity contribution is 7.98. The van der Waals surface area contributed by atoms with E-state index in [1.807, 2.05) is 39.0 Å². The minimum absolute atomic E-state index is 0.0239. The third kappa shape index (κ3) is 5.87. The van der Waals surface area contributed by atoms with Crippen molar-refractivity contribution in [1.29, 1.82) is 0 Å². The normalized spacial score (nSPS) is 12.0. The Hall–Kier alpha value is -1.16. The summed E-state index contributed by atoms with van der Waals surface area (Å²) in [7, 11) is 0. The lowest BCUT2D eigenvalue weighted by molar-refractivity contribution is -0.121. The van der Waals surface area contributed by atoms with E-state index in [2.05, 4.69) is 11.6 Å². The smallest absolute Gasteiger partial charge is 0.220 e. The summed E-state index contributed by atoms with van der Waals surface area (Å²) in [5.74, 6) is 2.06. The van der Waals surface area contributed by atoms with Crippen molar-refractivity contribution in [3.63, 3.8) is 0 Å². The molecule has 0 bridgehead atoms. The van der Waals surface area contributed by atoms with Crippen LogP contribution < -0.4 is 10.1 Å².